The number of hydrogen-bond acceptors (Lipinski definition) is 0. The summed E-state index contributed by atoms with van der Waals surface area (Å²) in [5.74, 6) is 0. The number of nitrogens with zero attached hydrogens (tertiary/aromatic N) is 1. The Morgan fingerprint density at radius 1 is 1.23 bits per heavy atom. The van der Waals surface area contributed by atoms with Crippen LogP contribution in [-0.2, 0) is 6.16 Å². The molecule has 0 bridgehead atoms. The summed E-state index contributed by atoms with van der Waals surface area (Å²) in [4.78, 5) is 3.52. The normalized spacial score (nSPS) is 10.9. The fourth-order valence-corrected chi connectivity index (χ4v) is 2.55. The Bertz CT molecular complexity index is 331. The molecule has 0 heterocycles. The molecular formula is C11H15NP+. The SMILES string of the molecule is [C-]#[N+]c1ccccc1C[P+](C)(C)C. The summed E-state index contributed by atoms with van der Waals surface area (Å²) >= 11 is 0. The molecule has 0 aliphatic rings. The minimum Gasteiger partial charge on any atom is -0.238 e. The van der Waals surface area contributed by atoms with Crippen molar-refractivity contribution in [2.45, 2.75) is 6.16 Å². The van der Waals surface area contributed by atoms with Crippen LogP contribution in [0.1, 0.15) is 5.56 Å². The first-order valence-electron chi connectivity index (χ1n) is 4.29. The van der Waals surface area contributed by atoms with Gasteiger partial charge in [0, 0.05) is 27.3 Å². The molecule has 0 aromatic heterocycles. The van der Waals surface area contributed by atoms with Gasteiger partial charge in [-0.3, -0.25) is 0 Å². The van der Waals surface area contributed by atoms with E-state index in [1.807, 2.05) is 18.2 Å². The lowest BCUT2D eigenvalue weighted by Crippen LogP contribution is -1.91. The molecule has 1 nitrogen and oxygen atoms in total. The summed E-state index contributed by atoms with van der Waals surface area (Å²) in [7, 11) is -0.821. The van der Waals surface area contributed by atoms with E-state index in [1.54, 1.807) is 0 Å². The van der Waals surface area contributed by atoms with Crippen molar-refractivity contribution >= 4 is 12.9 Å². The van der Waals surface area contributed by atoms with Gasteiger partial charge in [0.15, 0.2) is 5.69 Å². The van der Waals surface area contributed by atoms with Crippen molar-refractivity contribution in [3.63, 3.8) is 0 Å². The predicted octanol–water partition coefficient (Wildman–Crippen LogP) is 3.64. The molecule has 0 N–H and O–H groups in total. The first-order valence-corrected chi connectivity index (χ1v) is 7.60. The smallest absolute Gasteiger partial charge is 0.193 e. The van der Waals surface area contributed by atoms with Gasteiger partial charge in [0.25, 0.3) is 0 Å². The van der Waals surface area contributed by atoms with Crippen LogP contribution in [0.2, 0.25) is 0 Å². The van der Waals surface area contributed by atoms with Gasteiger partial charge in [0.1, 0.15) is 0 Å². The van der Waals surface area contributed by atoms with Crippen molar-refractivity contribution in [1.82, 2.24) is 0 Å². The third-order valence-electron chi connectivity index (χ3n) is 1.76. The molecule has 0 amide bonds. The summed E-state index contributed by atoms with van der Waals surface area (Å²) < 4.78 is 0. The van der Waals surface area contributed by atoms with Gasteiger partial charge in [0.05, 0.1) is 12.7 Å². The lowest BCUT2D eigenvalue weighted by atomic mass is 10.2. The number of para-hydroxylation sites is 1. The van der Waals surface area contributed by atoms with E-state index >= 15 is 0 Å². The Balaban J connectivity index is 2.96. The van der Waals surface area contributed by atoms with Crippen LogP contribution in [0, 0.1) is 6.57 Å². The van der Waals surface area contributed by atoms with E-state index in [0.717, 1.165) is 11.8 Å². The average molecular weight is 192 g/mol. The van der Waals surface area contributed by atoms with Gasteiger partial charge in [-0.25, -0.2) is 4.85 Å². The zero-order valence-corrected chi connectivity index (χ0v) is 9.31. The van der Waals surface area contributed by atoms with Crippen molar-refractivity contribution in [2.75, 3.05) is 20.0 Å². The molecular weight excluding hydrogens is 177 g/mol. The third kappa shape index (κ3) is 3.17. The number of rotatable bonds is 2. The van der Waals surface area contributed by atoms with Gasteiger partial charge < -0.3 is 0 Å². The van der Waals surface area contributed by atoms with Gasteiger partial charge in [-0.2, -0.15) is 0 Å². The molecule has 0 aliphatic heterocycles. The molecule has 2 heteroatoms. The summed E-state index contributed by atoms with van der Waals surface area (Å²) in [6.07, 6.45) is 1.07. The highest BCUT2D eigenvalue weighted by atomic mass is 31.2. The van der Waals surface area contributed by atoms with Crippen LogP contribution in [0.4, 0.5) is 5.69 Å². The van der Waals surface area contributed by atoms with Crippen LogP contribution in [0.25, 0.3) is 4.85 Å². The van der Waals surface area contributed by atoms with Crippen molar-refractivity contribution in [3.05, 3.63) is 41.2 Å². The molecule has 0 fully saturated rings. The maximum absolute atomic E-state index is 7.03. The number of benzene rings is 1. The van der Waals surface area contributed by atoms with Gasteiger partial charge in [0.2, 0.25) is 0 Å². The second-order valence-electron chi connectivity index (χ2n) is 4.19. The molecule has 68 valence electrons. The molecule has 0 aliphatic carbocycles. The van der Waals surface area contributed by atoms with Crippen LogP contribution in [-0.4, -0.2) is 20.0 Å². The standard InChI is InChI=1S/C11H15NP/c1-12-11-8-6-5-7-10(11)9-13(2,3)4/h5-8H,9H2,2-4H3/q+1. The summed E-state index contributed by atoms with van der Waals surface area (Å²) in [6.45, 7) is 13.9. The Hall–Kier alpha value is -0.860. The first-order chi connectivity index (χ1) is 6.03. The monoisotopic (exact) mass is 192 g/mol. The summed E-state index contributed by atoms with van der Waals surface area (Å²) in [6, 6.07) is 7.91. The van der Waals surface area contributed by atoms with Crippen LogP contribution < -0.4 is 0 Å². The fraction of sp³-hybridized carbons (Fsp3) is 0.364. The maximum Gasteiger partial charge on any atom is 0.193 e. The lowest BCUT2D eigenvalue weighted by molar-refractivity contribution is 1.39. The van der Waals surface area contributed by atoms with Gasteiger partial charge in [-0.15, -0.1) is 0 Å². The van der Waals surface area contributed by atoms with E-state index in [2.05, 4.69) is 30.9 Å². The molecule has 0 saturated carbocycles. The fourth-order valence-electron chi connectivity index (χ4n) is 1.26. The molecule has 0 radical (unpaired) electrons. The quantitative estimate of drug-likeness (QED) is 0.497. The molecule has 13 heavy (non-hydrogen) atoms. The minimum atomic E-state index is -0.821. The molecule has 0 spiro atoms. The molecule has 0 atom stereocenters. The van der Waals surface area contributed by atoms with Crippen molar-refractivity contribution in [1.29, 1.82) is 0 Å². The Kier molecular flexibility index (Phi) is 3.07. The second-order valence-corrected chi connectivity index (χ2v) is 9.09. The second kappa shape index (κ2) is 3.90. The van der Waals surface area contributed by atoms with Crippen molar-refractivity contribution in [2.24, 2.45) is 0 Å². The summed E-state index contributed by atoms with van der Waals surface area (Å²) in [5.41, 5.74) is 2.02. The molecule has 0 saturated heterocycles. The van der Waals surface area contributed by atoms with E-state index < -0.39 is 7.26 Å². The zero-order valence-electron chi connectivity index (χ0n) is 8.41. The predicted molar refractivity (Wildman–Crippen MR) is 61.1 cm³/mol. The third-order valence-corrected chi connectivity index (χ3v) is 3.05. The maximum atomic E-state index is 7.03. The van der Waals surface area contributed by atoms with Crippen LogP contribution >= 0.6 is 7.26 Å². The average Bonchev–Trinajstić information content (AvgIpc) is 2.02. The summed E-state index contributed by atoms with van der Waals surface area (Å²) in [5, 5.41) is 0. The lowest BCUT2D eigenvalue weighted by Gasteiger charge is -2.12. The van der Waals surface area contributed by atoms with E-state index in [-0.39, 0.29) is 0 Å². The van der Waals surface area contributed by atoms with Crippen molar-refractivity contribution in [3.8, 4) is 0 Å². The highest BCUT2D eigenvalue weighted by molar-refractivity contribution is 7.73. The Morgan fingerprint density at radius 2 is 1.85 bits per heavy atom. The van der Waals surface area contributed by atoms with E-state index in [9.17, 15) is 0 Å². The van der Waals surface area contributed by atoms with E-state index in [1.165, 1.54) is 5.56 Å². The van der Waals surface area contributed by atoms with Gasteiger partial charge in [-0.1, -0.05) is 24.3 Å². The Morgan fingerprint density at radius 3 is 2.38 bits per heavy atom. The van der Waals surface area contributed by atoms with Crippen LogP contribution in [0.5, 0.6) is 0 Å². The van der Waals surface area contributed by atoms with Crippen LogP contribution in [0.3, 0.4) is 0 Å². The largest absolute Gasteiger partial charge is 0.238 e. The zero-order chi connectivity index (χ0) is 9.90. The molecule has 1 rings (SSSR count). The highest BCUT2D eigenvalue weighted by Gasteiger charge is 2.19. The van der Waals surface area contributed by atoms with Crippen molar-refractivity contribution < 1.29 is 0 Å². The minimum absolute atomic E-state index is 0.817. The molecule has 1 aromatic rings. The number of hydrogen-bond donors (Lipinski definition) is 0. The molecule has 1 aromatic carbocycles. The van der Waals surface area contributed by atoms with E-state index in [0.29, 0.717) is 0 Å². The molecule has 0 unspecified atom stereocenters. The Labute approximate surface area is 80.9 Å². The van der Waals surface area contributed by atoms with Crippen LogP contribution in [0.15, 0.2) is 24.3 Å². The topological polar surface area (TPSA) is 4.36 Å². The highest BCUT2D eigenvalue weighted by Crippen LogP contribution is 2.51. The van der Waals surface area contributed by atoms with E-state index in [4.69, 9.17) is 6.57 Å². The van der Waals surface area contributed by atoms with Gasteiger partial charge in [-0.05, 0) is 5.56 Å². The van der Waals surface area contributed by atoms with Gasteiger partial charge >= 0.3 is 0 Å². The first kappa shape index (κ1) is 10.2.